The van der Waals surface area contributed by atoms with E-state index in [9.17, 15) is 0 Å². The summed E-state index contributed by atoms with van der Waals surface area (Å²) in [5.74, 6) is 2.25. The van der Waals surface area contributed by atoms with Gasteiger partial charge >= 0.3 is 0 Å². The van der Waals surface area contributed by atoms with Crippen LogP contribution >= 0.6 is 0 Å². The second-order valence-corrected chi connectivity index (χ2v) is 7.46. The molecule has 4 aromatic carbocycles. The highest BCUT2D eigenvalue weighted by Gasteiger charge is 2.12. The van der Waals surface area contributed by atoms with Gasteiger partial charge in [-0.15, -0.1) is 0 Å². The number of benzene rings is 4. The predicted octanol–water partition coefficient (Wildman–Crippen LogP) is 7.88. The molecule has 0 heterocycles. The Morgan fingerprint density at radius 1 is 0.621 bits per heavy atom. The van der Waals surface area contributed by atoms with Crippen LogP contribution in [0.25, 0.3) is 11.1 Å². The molecule has 0 aliphatic rings. The maximum Gasteiger partial charge on any atom is 0.130 e. The Morgan fingerprint density at radius 3 is 1.93 bits per heavy atom. The molecular weight excluding hydrogens is 352 g/mol. The first kappa shape index (κ1) is 19.0. The summed E-state index contributed by atoms with van der Waals surface area (Å²) in [5.41, 5.74) is 5.17. The van der Waals surface area contributed by atoms with Crippen molar-refractivity contribution in [3.63, 3.8) is 0 Å². The van der Waals surface area contributed by atoms with Crippen LogP contribution in [0.5, 0.6) is 11.5 Å². The summed E-state index contributed by atoms with van der Waals surface area (Å²) in [4.78, 5) is 0. The molecule has 0 aromatic heterocycles. The molecule has 4 rings (SSSR count). The minimum Gasteiger partial charge on any atom is -0.457 e. The van der Waals surface area contributed by atoms with Crippen LogP contribution in [-0.2, 0) is 6.42 Å². The molecule has 0 radical (unpaired) electrons. The van der Waals surface area contributed by atoms with Gasteiger partial charge in [-0.25, -0.2) is 0 Å². The minimum atomic E-state index is 0.420. The van der Waals surface area contributed by atoms with Gasteiger partial charge in [0.2, 0.25) is 0 Å². The lowest BCUT2D eigenvalue weighted by Gasteiger charge is -2.17. The van der Waals surface area contributed by atoms with Gasteiger partial charge in [0.05, 0.1) is 0 Å². The molecule has 0 N–H and O–H groups in total. The van der Waals surface area contributed by atoms with Crippen molar-refractivity contribution in [1.82, 2.24) is 0 Å². The average Bonchev–Trinajstić information content (AvgIpc) is 2.79. The molecule has 0 aliphatic heterocycles. The van der Waals surface area contributed by atoms with E-state index in [-0.39, 0.29) is 0 Å². The molecule has 0 fully saturated rings. The Hall–Kier alpha value is -3.32. The summed E-state index contributed by atoms with van der Waals surface area (Å²) in [6.45, 7) is 2.28. The number of para-hydroxylation sites is 2. The Bertz CT molecular complexity index is 1020. The van der Waals surface area contributed by atoms with Crippen LogP contribution in [0.3, 0.4) is 0 Å². The van der Waals surface area contributed by atoms with E-state index in [2.05, 4.69) is 79.7 Å². The average molecular weight is 379 g/mol. The van der Waals surface area contributed by atoms with Gasteiger partial charge in [-0.3, -0.25) is 0 Å². The first-order valence-electron chi connectivity index (χ1n) is 10.3. The van der Waals surface area contributed by atoms with Gasteiger partial charge in [-0.1, -0.05) is 97.9 Å². The molecule has 0 saturated heterocycles. The van der Waals surface area contributed by atoms with Crippen LogP contribution in [0.2, 0.25) is 0 Å². The summed E-state index contributed by atoms with van der Waals surface area (Å²) < 4.78 is 6.15. The van der Waals surface area contributed by atoms with Gasteiger partial charge in [0.1, 0.15) is 11.5 Å². The molecule has 0 aliphatic carbocycles. The molecule has 1 unspecified atom stereocenters. The van der Waals surface area contributed by atoms with Crippen molar-refractivity contribution < 1.29 is 4.74 Å². The van der Waals surface area contributed by atoms with Gasteiger partial charge < -0.3 is 4.74 Å². The molecule has 0 bridgehead atoms. The van der Waals surface area contributed by atoms with Crippen molar-refractivity contribution in [2.75, 3.05) is 0 Å². The van der Waals surface area contributed by atoms with E-state index >= 15 is 0 Å². The summed E-state index contributed by atoms with van der Waals surface area (Å²) in [6.07, 6.45) is 2.13. The highest BCUT2D eigenvalue weighted by Crippen LogP contribution is 2.33. The van der Waals surface area contributed by atoms with Gasteiger partial charge in [0, 0.05) is 0 Å². The summed E-state index contributed by atoms with van der Waals surface area (Å²) in [7, 11) is 0. The van der Waals surface area contributed by atoms with E-state index < -0.39 is 0 Å². The summed E-state index contributed by atoms with van der Waals surface area (Å²) in [5, 5.41) is 0. The third-order valence-corrected chi connectivity index (χ3v) is 5.35. The number of aryl methyl sites for hydroxylation is 1. The van der Waals surface area contributed by atoms with Crippen LogP contribution in [0, 0.1) is 0 Å². The van der Waals surface area contributed by atoms with Crippen molar-refractivity contribution in [2.24, 2.45) is 0 Å². The number of ether oxygens (including phenoxy) is 1. The molecule has 29 heavy (non-hydrogen) atoms. The molecule has 0 spiro atoms. The van der Waals surface area contributed by atoms with Gasteiger partial charge in [0.25, 0.3) is 0 Å². The van der Waals surface area contributed by atoms with Crippen LogP contribution in [-0.4, -0.2) is 0 Å². The zero-order chi connectivity index (χ0) is 19.9. The smallest absolute Gasteiger partial charge is 0.130 e. The van der Waals surface area contributed by atoms with E-state index in [1.165, 1.54) is 22.3 Å². The Kier molecular flexibility index (Phi) is 6.07. The van der Waals surface area contributed by atoms with E-state index in [4.69, 9.17) is 4.74 Å². The standard InChI is InChI=1S/C28H26O/c1-22(27-14-8-9-15-28(27)29-26-12-6-3-7-13-26)16-17-23-18-20-25(21-19-23)24-10-4-2-5-11-24/h2-15,18-22H,16-17H2,1H3. The quantitative estimate of drug-likeness (QED) is 0.318. The minimum absolute atomic E-state index is 0.420. The molecule has 4 aromatic rings. The Morgan fingerprint density at radius 2 is 1.21 bits per heavy atom. The fraction of sp³-hybridized carbons (Fsp3) is 0.143. The van der Waals surface area contributed by atoms with Crippen LogP contribution < -0.4 is 4.74 Å². The second-order valence-electron chi connectivity index (χ2n) is 7.46. The van der Waals surface area contributed by atoms with Gasteiger partial charge in [-0.05, 0) is 59.2 Å². The van der Waals surface area contributed by atoms with Crippen LogP contribution in [0.4, 0.5) is 0 Å². The maximum atomic E-state index is 6.15. The Labute approximate surface area is 173 Å². The van der Waals surface area contributed by atoms with Gasteiger partial charge in [0.15, 0.2) is 0 Å². The van der Waals surface area contributed by atoms with E-state index in [1.54, 1.807) is 0 Å². The molecule has 0 saturated carbocycles. The monoisotopic (exact) mass is 378 g/mol. The van der Waals surface area contributed by atoms with Crippen molar-refractivity contribution in [2.45, 2.75) is 25.7 Å². The van der Waals surface area contributed by atoms with Crippen molar-refractivity contribution in [3.05, 3.63) is 120 Å². The number of hydrogen-bond donors (Lipinski definition) is 0. The number of hydrogen-bond acceptors (Lipinski definition) is 1. The lowest BCUT2D eigenvalue weighted by atomic mass is 9.93. The van der Waals surface area contributed by atoms with E-state index in [0.29, 0.717) is 5.92 Å². The first-order valence-corrected chi connectivity index (χ1v) is 10.3. The van der Waals surface area contributed by atoms with Crippen LogP contribution in [0.1, 0.15) is 30.4 Å². The van der Waals surface area contributed by atoms with E-state index in [0.717, 1.165) is 24.3 Å². The molecule has 0 amide bonds. The van der Waals surface area contributed by atoms with Gasteiger partial charge in [-0.2, -0.15) is 0 Å². The zero-order valence-corrected chi connectivity index (χ0v) is 16.8. The molecular formula is C28H26O. The second kappa shape index (κ2) is 9.25. The van der Waals surface area contributed by atoms with E-state index in [1.807, 2.05) is 36.4 Å². The Balaban J connectivity index is 1.42. The fourth-order valence-electron chi connectivity index (χ4n) is 3.63. The SMILES string of the molecule is CC(CCc1ccc(-c2ccccc2)cc1)c1ccccc1Oc1ccccc1. The normalized spacial score (nSPS) is 11.8. The highest BCUT2D eigenvalue weighted by molar-refractivity contribution is 5.63. The summed E-state index contributed by atoms with van der Waals surface area (Å²) in [6, 6.07) is 37.9. The molecule has 144 valence electrons. The number of rotatable bonds is 7. The van der Waals surface area contributed by atoms with Crippen molar-refractivity contribution in [1.29, 1.82) is 0 Å². The largest absolute Gasteiger partial charge is 0.457 e. The maximum absolute atomic E-state index is 6.15. The molecule has 1 heteroatoms. The topological polar surface area (TPSA) is 9.23 Å². The third-order valence-electron chi connectivity index (χ3n) is 5.35. The third kappa shape index (κ3) is 4.94. The lowest BCUT2D eigenvalue weighted by molar-refractivity contribution is 0.469. The van der Waals surface area contributed by atoms with Crippen molar-refractivity contribution >= 4 is 0 Å². The highest BCUT2D eigenvalue weighted by atomic mass is 16.5. The van der Waals surface area contributed by atoms with Crippen molar-refractivity contribution in [3.8, 4) is 22.6 Å². The molecule has 1 nitrogen and oxygen atoms in total. The predicted molar refractivity (Wildman–Crippen MR) is 122 cm³/mol. The first-order chi connectivity index (χ1) is 14.3. The fourth-order valence-corrected chi connectivity index (χ4v) is 3.63. The molecule has 1 atom stereocenters. The van der Waals surface area contributed by atoms with Crippen LogP contribution in [0.15, 0.2) is 109 Å². The zero-order valence-electron chi connectivity index (χ0n) is 16.8. The summed E-state index contributed by atoms with van der Waals surface area (Å²) >= 11 is 0. The lowest BCUT2D eigenvalue weighted by Crippen LogP contribution is -1.99.